The summed E-state index contributed by atoms with van der Waals surface area (Å²) in [6.45, 7) is 6.50. The number of hydrogen-bond acceptors (Lipinski definition) is 4. The second-order valence-corrected chi connectivity index (χ2v) is 8.98. The minimum absolute atomic E-state index is 0.0131. The number of piperidine rings is 1. The Kier molecular flexibility index (Phi) is 6.20. The molecular formula is C23H33N3O3. The summed E-state index contributed by atoms with van der Waals surface area (Å²) in [6, 6.07) is 9.53. The lowest BCUT2D eigenvalue weighted by atomic mass is 9.66. The number of anilines is 1. The molecule has 1 aliphatic carbocycles. The summed E-state index contributed by atoms with van der Waals surface area (Å²) in [6.07, 6.45) is 5.60. The number of benzene rings is 1. The molecule has 1 spiro atoms. The predicted molar refractivity (Wildman–Crippen MR) is 113 cm³/mol. The SMILES string of the molecule is CCOC1CC2(CCN(C(=O)C3CCCN(CC(=O)Nc4ccccc4)C3)C2)C1. The Hall–Kier alpha value is -1.92. The van der Waals surface area contributed by atoms with Gasteiger partial charge in [0.05, 0.1) is 18.6 Å². The van der Waals surface area contributed by atoms with Crippen LogP contribution in [0, 0.1) is 11.3 Å². The first kappa shape index (κ1) is 20.4. The number of hydrogen-bond donors (Lipinski definition) is 1. The molecule has 1 atom stereocenters. The van der Waals surface area contributed by atoms with Gasteiger partial charge in [-0.1, -0.05) is 18.2 Å². The first-order valence-corrected chi connectivity index (χ1v) is 11.0. The molecule has 0 aromatic heterocycles. The third-order valence-electron chi connectivity index (χ3n) is 6.75. The molecule has 0 bridgehead atoms. The third kappa shape index (κ3) is 4.81. The van der Waals surface area contributed by atoms with E-state index in [4.69, 9.17) is 4.74 Å². The molecule has 29 heavy (non-hydrogen) atoms. The fourth-order valence-corrected chi connectivity index (χ4v) is 5.30. The normalized spacial score (nSPS) is 29.6. The van der Waals surface area contributed by atoms with Crippen LogP contribution in [0.3, 0.4) is 0 Å². The molecule has 6 heteroatoms. The molecule has 0 radical (unpaired) electrons. The summed E-state index contributed by atoms with van der Waals surface area (Å²) >= 11 is 0. The zero-order valence-electron chi connectivity index (χ0n) is 17.4. The number of carbonyl (C=O) groups excluding carboxylic acids is 2. The number of likely N-dealkylation sites (tertiary alicyclic amines) is 2. The van der Waals surface area contributed by atoms with Crippen molar-refractivity contribution >= 4 is 17.5 Å². The van der Waals surface area contributed by atoms with Crippen molar-refractivity contribution in [2.45, 2.75) is 45.1 Å². The van der Waals surface area contributed by atoms with Crippen LogP contribution in [0.25, 0.3) is 0 Å². The second-order valence-electron chi connectivity index (χ2n) is 8.98. The lowest BCUT2D eigenvalue weighted by Gasteiger charge is -2.44. The van der Waals surface area contributed by atoms with Gasteiger partial charge in [0, 0.05) is 31.9 Å². The smallest absolute Gasteiger partial charge is 0.238 e. The van der Waals surface area contributed by atoms with Gasteiger partial charge >= 0.3 is 0 Å². The largest absolute Gasteiger partial charge is 0.378 e. The standard InChI is InChI=1S/C23H33N3O3/c1-2-29-20-13-23(14-20)10-12-26(17-23)22(28)18-7-6-11-25(15-18)16-21(27)24-19-8-4-3-5-9-19/h3-5,8-9,18,20H,2,6-7,10-17H2,1H3,(H,24,27). The average Bonchev–Trinajstić information content (AvgIpc) is 3.14. The van der Waals surface area contributed by atoms with Crippen LogP contribution in [0.5, 0.6) is 0 Å². The molecule has 2 heterocycles. The van der Waals surface area contributed by atoms with E-state index >= 15 is 0 Å². The number of carbonyl (C=O) groups is 2. The van der Waals surface area contributed by atoms with Crippen molar-refractivity contribution in [3.8, 4) is 0 Å². The first-order chi connectivity index (χ1) is 14.1. The molecule has 3 fully saturated rings. The maximum Gasteiger partial charge on any atom is 0.238 e. The highest BCUT2D eigenvalue weighted by Crippen LogP contribution is 2.49. The molecule has 1 N–H and O–H groups in total. The Morgan fingerprint density at radius 1 is 1.21 bits per heavy atom. The molecule has 6 nitrogen and oxygen atoms in total. The molecule has 1 aromatic rings. The predicted octanol–water partition coefficient (Wildman–Crippen LogP) is 2.75. The average molecular weight is 400 g/mol. The highest BCUT2D eigenvalue weighted by molar-refractivity contribution is 5.92. The van der Waals surface area contributed by atoms with E-state index in [2.05, 4.69) is 15.1 Å². The quantitative estimate of drug-likeness (QED) is 0.799. The van der Waals surface area contributed by atoms with E-state index in [-0.39, 0.29) is 17.7 Å². The van der Waals surface area contributed by atoms with Crippen molar-refractivity contribution in [3.05, 3.63) is 30.3 Å². The number of rotatable bonds is 6. The van der Waals surface area contributed by atoms with Crippen LogP contribution in [0.2, 0.25) is 0 Å². The van der Waals surface area contributed by atoms with Crippen molar-refractivity contribution in [1.82, 2.24) is 9.80 Å². The van der Waals surface area contributed by atoms with Crippen molar-refractivity contribution in [3.63, 3.8) is 0 Å². The Morgan fingerprint density at radius 2 is 2.00 bits per heavy atom. The van der Waals surface area contributed by atoms with Gasteiger partial charge in [-0.05, 0) is 63.1 Å². The van der Waals surface area contributed by atoms with Gasteiger partial charge in [-0.15, -0.1) is 0 Å². The van der Waals surface area contributed by atoms with Gasteiger partial charge in [0.1, 0.15) is 0 Å². The fraction of sp³-hybridized carbons (Fsp3) is 0.652. The summed E-state index contributed by atoms with van der Waals surface area (Å²) in [5.41, 5.74) is 1.12. The molecule has 1 aromatic carbocycles. The highest BCUT2D eigenvalue weighted by atomic mass is 16.5. The van der Waals surface area contributed by atoms with E-state index in [9.17, 15) is 9.59 Å². The fourth-order valence-electron chi connectivity index (χ4n) is 5.30. The zero-order valence-corrected chi connectivity index (χ0v) is 17.4. The van der Waals surface area contributed by atoms with E-state index in [1.54, 1.807) is 0 Å². The van der Waals surface area contributed by atoms with Gasteiger partial charge in [0.25, 0.3) is 0 Å². The van der Waals surface area contributed by atoms with Gasteiger partial charge in [0.2, 0.25) is 11.8 Å². The van der Waals surface area contributed by atoms with E-state index in [1.807, 2.05) is 37.3 Å². The number of ether oxygens (including phenoxy) is 1. The maximum absolute atomic E-state index is 13.1. The van der Waals surface area contributed by atoms with Crippen LogP contribution in [0.15, 0.2) is 30.3 Å². The van der Waals surface area contributed by atoms with Crippen LogP contribution in [-0.2, 0) is 14.3 Å². The Balaban J connectivity index is 1.25. The zero-order chi connectivity index (χ0) is 20.3. The summed E-state index contributed by atoms with van der Waals surface area (Å²) in [4.78, 5) is 29.7. The van der Waals surface area contributed by atoms with Crippen LogP contribution in [0.4, 0.5) is 5.69 Å². The monoisotopic (exact) mass is 399 g/mol. The van der Waals surface area contributed by atoms with Crippen LogP contribution in [0.1, 0.15) is 39.0 Å². The van der Waals surface area contributed by atoms with Gasteiger partial charge < -0.3 is 15.0 Å². The second kappa shape index (κ2) is 8.84. The number of para-hydroxylation sites is 1. The minimum atomic E-state index is -0.0131. The molecule has 3 aliphatic rings. The maximum atomic E-state index is 13.1. The van der Waals surface area contributed by atoms with E-state index in [0.717, 1.165) is 64.0 Å². The van der Waals surface area contributed by atoms with Gasteiger partial charge in [-0.25, -0.2) is 0 Å². The Bertz CT molecular complexity index is 717. The molecule has 4 rings (SSSR count). The Morgan fingerprint density at radius 3 is 2.76 bits per heavy atom. The van der Waals surface area contributed by atoms with Gasteiger partial charge in [-0.3, -0.25) is 14.5 Å². The van der Waals surface area contributed by atoms with Crippen molar-refractivity contribution in [1.29, 1.82) is 0 Å². The third-order valence-corrected chi connectivity index (χ3v) is 6.75. The van der Waals surface area contributed by atoms with E-state index < -0.39 is 0 Å². The molecule has 1 saturated carbocycles. The van der Waals surface area contributed by atoms with Crippen LogP contribution < -0.4 is 5.32 Å². The molecule has 1 unspecified atom stereocenters. The van der Waals surface area contributed by atoms with Crippen LogP contribution in [-0.4, -0.2) is 67.0 Å². The summed E-state index contributed by atoms with van der Waals surface area (Å²) in [5, 5.41) is 2.94. The van der Waals surface area contributed by atoms with Crippen molar-refractivity contribution in [2.24, 2.45) is 11.3 Å². The van der Waals surface area contributed by atoms with E-state index in [1.165, 1.54) is 0 Å². The van der Waals surface area contributed by atoms with Gasteiger partial charge in [0.15, 0.2) is 0 Å². The summed E-state index contributed by atoms with van der Waals surface area (Å²) < 4.78 is 5.72. The minimum Gasteiger partial charge on any atom is -0.378 e. The lowest BCUT2D eigenvalue weighted by molar-refractivity contribution is -0.138. The van der Waals surface area contributed by atoms with Crippen molar-refractivity contribution < 1.29 is 14.3 Å². The molecule has 2 aliphatic heterocycles. The summed E-state index contributed by atoms with van der Waals surface area (Å²) in [5.74, 6) is 0.293. The van der Waals surface area contributed by atoms with Crippen LogP contribution >= 0.6 is 0 Å². The number of nitrogens with zero attached hydrogens (tertiary/aromatic N) is 2. The molecule has 2 amide bonds. The molecule has 158 valence electrons. The molecule has 2 saturated heterocycles. The topological polar surface area (TPSA) is 61.9 Å². The summed E-state index contributed by atoms with van der Waals surface area (Å²) in [7, 11) is 0. The van der Waals surface area contributed by atoms with E-state index in [0.29, 0.717) is 24.6 Å². The highest BCUT2D eigenvalue weighted by Gasteiger charge is 2.50. The Labute approximate surface area is 173 Å². The lowest BCUT2D eigenvalue weighted by Crippen LogP contribution is -2.48. The first-order valence-electron chi connectivity index (χ1n) is 11.0. The van der Waals surface area contributed by atoms with Gasteiger partial charge in [-0.2, -0.15) is 0 Å². The molecular weight excluding hydrogens is 366 g/mol. The van der Waals surface area contributed by atoms with Crippen molar-refractivity contribution in [2.75, 3.05) is 44.6 Å². The number of amides is 2. The number of nitrogens with one attached hydrogen (secondary N) is 1.